The first-order valence-corrected chi connectivity index (χ1v) is 11.5. The summed E-state index contributed by atoms with van der Waals surface area (Å²) in [6, 6.07) is 20.7. The minimum absolute atomic E-state index is 0.0294. The summed E-state index contributed by atoms with van der Waals surface area (Å²) in [4.78, 5) is 12.7. The van der Waals surface area contributed by atoms with Crippen molar-refractivity contribution in [3.63, 3.8) is 0 Å². The second-order valence-electron chi connectivity index (χ2n) is 7.94. The number of carbonyl (C=O) groups is 1. The van der Waals surface area contributed by atoms with Crippen molar-refractivity contribution in [2.75, 3.05) is 20.8 Å². The zero-order valence-corrected chi connectivity index (χ0v) is 21.0. The number of nitrogens with one attached hydrogen (secondary N) is 1. The van der Waals surface area contributed by atoms with E-state index in [2.05, 4.69) is 5.32 Å². The Morgan fingerprint density at radius 2 is 1.72 bits per heavy atom. The minimum Gasteiger partial charge on any atom is -0.497 e. The molecule has 36 heavy (non-hydrogen) atoms. The van der Waals surface area contributed by atoms with Gasteiger partial charge in [-0.3, -0.25) is 4.79 Å². The summed E-state index contributed by atoms with van der Waals surface area (Å²) < 4.78 is 22.3. The maximum atomic E-state index is 12.7. The fourth-order valence-electron chi connectivity index (χ4n) is 3.43. The molecule has 0 atom stereocenters. The van der Waals surface area contributed by atoms with Crippen LogP contribution in [0.2, 0.25) is 0 Å². The second kappa shape index (κ2) is 12.9. The molecule has 0 saturated heterocycles. The zero-order valence-electron chi connectivity index (χ0n) is 21.0. The van der Waals surface area contributed by atoms with Crippen LogP contribution in [-0.4, -0.2) is 26.7 Å². The molecule has 7 nitrogen and oxygen atoms in total. The van der Waals surface area contributed by atoms with Gasteiger partial charge in [0.05, 0.1) is 20.8 Å². The maximum absolute atomic E-state index is 12.7. The molecule has 0 fully saturated rings. The lowest BCUT2D eigenvalue weighted by atomic mass is 10.1. The number of hydrogen-bond donors (Lipinski definition) is 1. The van der Waals surface area contributed by atoms with Crippen LogP contribution >= 0.6 is 0 Å². The molecular weight excluding hydrogens is 456 g/mol. The average Bonchev–Trinajstić information content (AvgIpc) is 2.90. The lowest BCUT2D eigenvalue weighted by Gasteiger charge is -2.13. The van der Waals surface area contributed by atoms with Gasteiger partial charge in [0.1, 0.15) is 29.7 Å². The van der Waals surface area contributed by atoms with Crippen molar-refractivity contribution in [3.05, 3.63) is 88.5 Å². The molecule has 3 aromatic rings. The predicted molar refractivity (Wildman–Crippen MR) is 138 cm³/mol. The third-order valence-electron chi connectivity index (χ3n) is 5.39. The predicted octanol–water partition coefficient (Wildman–Crippen LogP) is 5.21. The third kappa shape index (κ3) is 7.03. The number of hydrogen-bond acceptors (Lipinski definition) is 6. The van der Waals surface area contributed by atoms with E-state index < -0.39 is 5.91 Å². The molecule has 0 aromatic heterocycles. The van der Waals surface area contributed by atoms with Crippen molar-refractivity contribution in [2.45, 2.75) is 27.0 Å². The van der Waals surface area contributed by atoms with Crippen molar-refractivity contribution in [1.82, 2.24) is 5.32 Å². The van der Waals surface area contributed by atoms with Crippen molar-refractivity contribution < 1.29 is 23.7 Å². The van der Waals surface area contributed by atoms with Crippen molar-refractivity contribution in [2.24, 2.45) is 0 Å². The van der Waals surface area contributed by atoms with Crippen LogP contribution < -0.4 is 24.3 Å². The Kier molecular flexibility index (Phi) is 9.35. The van der Waals surface area contributed by atoms with Crippen LogP contribution in [0, 0.1) is 18.3 Å². The Hall–Kier alpha value is -4.44. The first kappa shape index (κ1) is 26.2. The van der Waals surface area contributed by atoms with Gasteiger partial charge in [0.2, 0.25) is 0 Å². The van der Waals surface area contributed by atoms with E-state index in [0.717, 1.165) is 11.1 Å². The summed E-state index contributed by atoms with van der Waals surface area (Å²) in [7, 11) is 3.12. The SMILES string of the molecule is CCOc1cc(/C=C(\C#N)C(=O)NCc2ccc(OC)cc2OC)ccc1OCc1ccc(C)cc1. The molecule has 0 unspecified atom stereocenters. The van der Waals surface area contributed by atoms with E-state index in [0.29, 0.717) is 41.8 Å². The van der Waals surface area contributed by atoms with Crippen LogP contribution in [-0.2, 0) is 17.9 Å². The van der Waals surface area contributed by atoms with Gasteiger partial charge in [0.25, 0.3) is 5.91 Å². The number of methoxy groups -OCH3 is 2. The van der Waals surface area contributed by atoms with Gasteiger partial charge in [-0.05, 0) is 55.3 Å². The Labute approximate surface area is 211 Å². The molecule has 7 heteroatoms. The molecule has 3 rings (SSSR count). The molecule has 1 N–H and O–H groups in total. The minimum atomic E-state index is -0.493. The molecule has 0 bridgehead atoms. The monoisotopic (exact) mass is 486 g/mol. The second-order valence-corrected chi connectivity index (χ2v) is 7.94. The van der Waals surface area contributed by atoms with Gasteiger partial charge in [-0.1, -0.05) is 35.9 Å². The van der Waals surface area contributed by atoms with Gasteiger partial charge in [-0.2, -0.15) is 5.26 Å². The fourth-order valence-corrected chi connectivity index (χ4v) is 3.43. The first-order valence-electron chi connectivity index (χ1n) is 11.5. The van der Waals surface area contributed by atoms with E-state index in [1.807, 2.05) is 44.2 Å². The lowest BCUT2D eigenvalue weighted by Crippen LogP contribution is -2.24. The van der Waals surface area contributed by atoms with Gasteiger partial charge in [0, 0.05) is 18.2 Å². The van der Waals surface area contributed by atoms with Crippen LogP contribution in [0.3, 0.4) is 0 Å². The van der Waals surface area contributed by atoms with E-state index >= 15 is 0 Å². The molecule has 0 aliphatic rings. The Bertz CT molecular complexity index is 1260. The van der Waals surface area contributed by atoms with Gasteiger partial charge < -0.3 is 24.3 Å². The Balaban J connectivity index is 1.72. The topological polar surface area (TPSA) is 89.8 Å². The third-order valence-corrected chi connectivity index (χ3v) is 5.39. The molecule has 0 heterocycles. The van der Waals surface area contributed by atoms with Gasteiger partial charge >= 0.3 is 0 Å². The fraction of sp³-hybridized carbons (Fsp3) is 0.241. The number of nitriles is 1. The molecule has 0 saturated carbocycles. The average molecular weight is 487 g/mol. The zero-order chi connectivity index (χ0) is 25.9. The van der Waals surface area contributed by atoms with Crippen LogP contribution in [0.4, 0.5) is 0 Å². The van der Waals surface area contributed by atoms with Gasteiger partial charge in [0.15, 0.2) is 11.5 Å². The number of carbonyl (C=O) groups excluding carboxylic acids is 1. The summed E-state index contributed by atoms with van der Waals surface area (Å²) in [6.45, 7) is 4.96. The Morgan fingerprint density at radius 1 is 0.944 bits per heavy atom. The molecule has 0 aliphatic heterocycles. The highest BCUT2D eigenvalue weighted by Gasteiger charge is 2.13. The van der Waals surface area contributed by atoms with Gasteiger partial charge in [-0.25, -0.2) is 0 Å². The maximum Gasteiger partial charge on any atom is 0.262 e. The normalized spacial score (nSPS) is 10.8. The van der Waals surface area contributed by atoms with Crippen LogP contribution in [0.15, 0.2) is 66.2 Å². The Morgan fingerprint density at radius 3 is 2.39 bits per heavy atom. The first-order chi connectivity index (χ1) is 17.5. The smallest absolute Gasteiger partial charge is 0.262 e. The van der Waals surface area contributed by atoms with E-state index in [1.54, 1.807) is 50.6 Å². The molecule has 0 spiro atoms. The van der Waals surface area contributed by atoms with Crippen molar-refractivity contribution in [3.8, 4) is 29.1 Å². The number of rotatable bonds is 11. The van der Waals surface area contributed by atoms with Crippen molar-refractivity contribution in [1.29, 1.82) is 5.26 Å². The molecule has 0 radical (unpaired) electrons. The quantitative estimate of drug-likeness (QED) is 0.295. The van der Waals surface area contributed by atoms with E-state index in [4.69, 9.17) is 18.9 Å². The summed E-state index contributed by atoms with van der Waals surface area (Å²) in [5.74, 6) is 1.87. The number of benzene rings is 3. The number of amides is 1. The van der Waals surface area contributed by atoms with Crippen LogP contribution in [0.5, 0.6) is 23.0 Å². The summed E-state index contributed by atoms with van der Waals surface area (Å²) in [5.41, 5.74) is 3.61. The van der Waals surface area contributed by atoms with E-state index in [-0.39, 0.29) is 12.1 Å². The molecule has 3 aromatic carbocycles. The van der Waals surface area contributed by atoms with Crippen LogP contribution in [0.25, 0.3) is 6.08 Å². The van der Waals surface area contributed by atoms with Crippen molar-refractivity contribution >= 4 is 12.0 Å². The molecular formula is C29H30N2O5. The lowest BCUT2D eigenvalue weighted by molar-refractivity contribution is -0.117. The standard InChI is InChI=1S/C29H30N2O5/c1-5-35-28-15-22(10-13-26(28)36-19-21-8-6-20(2)7-9-21)14-24(17-30)29(32)31-18-23-11-12-25(33-3)16-27(23)34-4/h6-16H,5,18-19H2,1-4H3,(H,31,32)/b24-14+. The highest BCUT2D eigenvalue weighted by Crippen LogP contribution is 2.30. The number of ether oxygens (including phenoxy) is 4. The number of nitrogens with zero attached hydrogens (tertiary/aromatic N) is 1. The van der Waals surface area contributed by atoms with E-state index in [1.165, 1.54) is 11.6 Å². The summed E-state index contributed by atoms with van der Waals surface area (Å²) >= 11 is 0. The molecule has 186 valence electrons. The van der Waals surface area contributed by atoms with E-state index in [9.17, 15) is 10.1 Å². The largest absolute Gasteiger partial charge is 0.497 e. The summed E-state index contributed by atoms with van der Waals surface area (Å²) in [5, 5.41) is 12.4. The van der Waals surface area contributed by atoms with Crippen LogP contribution in [0.1, 0.15) is 29.2 Å². The molecule has 0 aliphatic carbocycles. The highest BCUT2D eigenvalue weighted by atomic mass is 16.5. The summed E-state index contributed by atoms with van der Waals surface area (Å²) in [6.07, 6.45) is 1.52. The molecule has 1 amide bonds. The highest BCUT2D eigenvalue weighted by molar-refractivity contribution is 6.01. The number of aryl methyl sites for hydroxylation is 1. The van der Waals surface area contributed by atoms with Gasteiger partial charge in [-0.15, -0.1) is 0 Å².